The number of benzene rings is 3. The van der Waals surface area contributed by atoms with Crippen molar-refractivity contribution < 1.29 is 14.3 Å². The summed E-state index contributed by atoms with van der Waals surface area (Å²) in [4.78, 5) is 17.1. The Balaban J connectivity index is 1.34. The first-order chi connectivity index (χ1) is 16.1. The highest BCUT2D eigenvalue weighted by molar-refractivity contribution is 6.30. The Hall–Kier alpha value is -3.77. The number of ether oxygens (including phenoxy) is 2. The van der Waals surface area contributed by atoms with Crippen molar-refractivity contribution in [1.29, 1.82) is 0 Å². The fourth-order valence-corrected chi connectivity index (χ4v) is 3.46. The number of nitrogens with zero attached hydrogens (tertiary/aromatic N) is 2. The molecule has 7 heteroatoms. The number of amides is 1. The van der Waals surface area contributed by atoms with Crippen LogP contribution in [-0.4, -0.2) is 22.1 Å². The number of halogens is 1. The first kappa shape index (κ1) is 22.4. The van der Waals surface area contributed by atoms with E-state index in [1.54, 1.807) is 30.5 Å². The standard InChI is InChI=1S/C26H24ClN3O3/c1-30-16-15-28-26(30)25(20-7-9-21(27)10-8-20)29-24(31)18-33-23-13-11-22(12-14-23)32-17-19-5-3-2-4-6-19/h2-16,25H,17-18H2,1H3,(H,29,31). The monoisotopic (exact) mass is 461 g/mol. The quantitative estimate of drug-likeness (QED) is 0.383. The van der Waals surface area contributed by atoms with E-state index in [1.807, 2.05) is 72.4 Å². The molecule has 4 aromatic rings. The topological polar surface area (TPSA) is 65.4 Å². The Morgan fingerprint density at radius 2 is 1.64 bits per heavy atom. The lowest BCUT2D eigenvalue weighted by Gasteiger charge is -2.19. The number of imidazole rings is 1. The Kier molecular flexibility index (Phi) is 7.27. The van der Waals surface area contributed by atoms with Crippen LogP contribution in [0.5, 0.6) is 11.5 Å². The summed E-state index contributed by atoms with van der Waals surface area (Å²) in [7, 11) is 1.88. The molecule has 0 saturated carbocycles. The van der Waals surface area contributed by atoms with E-state index in [-0.39, 0.29) is 12.5 Å². The van der Waals surface area contributed by atoms with Crippen LogP contribution in [0.4, 0.5) is 0 Å². The predicted molar refractivity (Wildman–Crippen MR) is 127 cm³/mol. The molecule has 1 N–H and O–H groups in total. The Bertz CT molecular complexity index is 1180. The van der Waals surface area contributed by atoms with E-state index < -0.39 is 6.04 Å². The summed E-state index contributed by atoms with van der Waals surface area (Å²) in [5.41, 5.74) is 1.97. The van der Waals surface area contributed by atoms with Gasteiger partial charge < -0.3 is 19.4 Å². The van der Waals surface area contributed by atoms with Crippen LogP contribution < -0.4 is 14.8 Å². The van der Waals surface area contributed by atoms with E-state index in [1.165, 1.54) is 0 Å². The molecule has 0 bridgehead atoms. The fraction of sp³-hybridized carbons (Fsp3) is 0.154. The third-order valence-electron chi connectivity index (χ3n) is 5.07. The van der Waals surface area contributed by atoms with Crippen molar-refractivity contribution in [3.8, 4) is 11.5 Å². The SMILES string of the molecule is Cn1ccnc1C(NC(=O)COc1ccc(OCc2ccccc2)cc1)c1ccc(Cl)cc1. The van der Waals surface area contributed by atoms with Crippen LogP contribution in [0.2, 0.25) is 5.02 Å². The zero-order valence-electron chi connectivity index (χ0n) is 18.1. The predicted octanol–water partition coefficient (Wildman–Crippen LogP) is 4.94. The molecule has 0 fully saturated rings. The van der Waals surface area contributed by atoms with Crippen molar-refractivity contribution in [3.05, 3.63) is 113 Å². The number of aryl methyl sites for hydroxylation is 1. The van der Waals surface area contributed by atoms with Gasteiger partial charge in [0.05, 0.1) is 0 Å². The molecule has 4 rings (SSSR count). The molecule has 0 spiro atoms. The van der Waals surface area contributed by atoms with E-state index in [0.717, 1.165) is 16.9 Å². The lowest BCUT2D eigenvalue weighted by molar-refractivity contribution is -0.123. The minimum absolute atomic E-state index is 0.126. The van der Waals surface area contributed by atoms with Gasteiger partial charge in [0.2, 0.25) is 0 Å². The molecule has 1 atom stereocenters. The summed E-state index contributed by atoms with van der Waals surface area (Å²) in [6.45, 7) is 0.363. The number of aromatic nitrogens is 2. The molecule has 1 amide bonds. The van der Waals surface area contributed by atoms with Gasteiger partial charge in [0.25, 0.3) is 5.91 Å². The van der Waals surface area contributed by atoms with Crippen molar-refractivity contribution >= 4 is 17.5 Å². The highest BCUT2D eigenvalue weighted by Gasteiger charge is 2.21. The number of nitrogens with one attached hydrogen (secondary N) is 1. The lowest BCUT2D eigenvalue weighted by atomic mass is 10.1. The number of hydrogen-bond donors (Lipinski definition) is 1. The molecule has 168 valence electrons. The van der Waals surface area contributed by atoms with Crippen LogP contribution >= 0.6 is 11.6 Å². The number of rotatable bonds is 9. The third kappa shape index (κ3) is 6.14. The summed E-state index contributed by atoms with van der Waals surface area (Å²) in [5, 5.41) is 3.63. The molecule has 0 aliphatic rings. The average molecular weight is 462 g/mol. The maximum absolute atomic E-state index is 12.7. The highest BCUT2D eigenvalue weighted by atomic mass is 35.5. The zero-order chi connectivity index (χ0) is 23.0. The van der Waals surface area contributed by atoms with Crippen molar-refractivity contribution in [1.82, 2.24) is 14.9 Å². The molecule has 3 aromatic carbocycles. The van der Waals surface area contributed by atoms with Gasteiger partial charge in [0.15, 0.2) is 6.61 Å². The van der Waals surface area contributed by atoms with Crippen LogP contribution in [0.25, 0.3) is 0 Å². The zero-order valence-corrected chi connectivity index (χ0v) is 18.9. The van der Waals surface area contributed by atoms with E-state index in [4.69, 9.17) is 21.1 Å². The fourth-order valence-electron chi connectivity index (χ4n) is 3.33. The van der Waals surface area contributed by atoms with Crippen LogP contribution in [0.1, 0.15) is 23.0 Å². The summed E-state index contributed by atoms with van der Waals surface area (Å²) < 4.78 is 13.3. The molecular weight excluding hydrogens is 438 g/mol. The minimum Gasteiger partial charge on any atom is -0.489 e. The van der Waals surface area contributed by atoms with Crippen LogP contribution in [0.3, 0.4) is 0 Å². The van der Waals surface area contributed by atoms with Gasteiger partial charge in [-0.25, -0.2) is 4.98 Å². The second kappa shape index (κ2) is 10.7. The van der Waals surface area contributed by atoms with Crippen LogP contribution in [0.15, 0.2) is 91.3 Å². The molecule has 1 unspecified atom stereocenters. The molecule has 33 heavy (non-hydrogen) atoms. The van der Waals surface area contributed by atoms with E-state index in [2.05, 4.69) is 10.3 Å². The van der Waals surface area contributed by atoms with Gasteiger partial charge in [-0.1, -0.05) is 54.1 Å². The van der Waals surface area contributed by atoms with Gasteiger partial charge in [-0.05, 0) is 47.5 Å². The largest absolute Gasteiger partial charge is 0.489 e. The maximum atomic E-state index is 12.7. The van der Waals surface area contributed by atoms with Crippen molar-refractivity contribution in [3.63, 3.8) is 0 Å². The van der Waals surface area contributed by atoms with Crippen molar-refractivity contribution in [2.24, 2.45) is 7.05 Å². The number of carbonyl (C=O) groups is 1. The minimum atomic E-state index is -0.424. The third-order valence-corrected chi connectivity index (χ3v) is 5.32. The van der Waals surface area contributed by atoms with Gasteiger partial charge in [-0.2, -0.15) is 0 Å². The average Bonchev–Trinajstić information content (AvgIpc) is 3.27. The van der Waals surface area contributed by atoms with Crippen LogP contribution in [-0.2, 0) is 18.4 Å². The second-order valence-corrected chi connectivity index (χ2v) is 7.92. The highest BCUT2D eigenvalue weighted by Crippen LogP contribution is 2.23. The Morgan fingerprint density at radius 1 is 0.970 bits per heavy atom. The Morgan fingerprint density at radius 3 is 2.27 bits per heavy atom. The maximum Gasteiger partial charge on any atom is 0.258 e. The van der Waals surface area contributed by atoms with Gasteiger partial charge >= 0.3 is 0 Å². The summed E-state index contributed by atoms with van der Waals surface area (Å²) in [5.74, 6) is 1.76. The molecule has 0 radical (unpaired) electrons. The summed E-state index contributed by atoms with van der Waals surface area (Å²) >= 11 is 6.02. The molecular formula is C26H24ClN3O3. The summed E-state index contributed by atoms with van der Waals surface area (Å²) in [6, 6.07) is 24.1. The van der Waals surface area contributed by atoms with Crippen LogP contribution in [0, 0.1) is 0 Å². The number of hydrogen-bond acceptors (Lipinski definition) is 4. The molecule has 0 saturated heterocycles. The van der Waals surface area contributed by atoms with E-state index >= 15 is 0 Å². The first-order valence-corrected chi connectivity index (χ1v) is 10.9. The molecule has 0 aliphatic carbocycles. The lowest BCUT2D eigenvalue weighted by Crippen LogP contribution is -2.34. The molecule has 1 heterocycles. The van der Waals surface area contributed by atoms with Gasteiger partial charge in [-0.3, -0.25) is 4.79 Å². The molecule has 6 nitrogen and oxygen atoms in total. The smallest absolute Gasteiger partial charge is 0.258 e. The summed E-state index contributed by atoms with van der Waals surface area (Å²) in [6.07, 6.45) is 3.53. The Labute approximate surface area is 197 Å². The van der Waals surface area contributed by atoms with Gasteiger partial charge in [-0.15, -0.1) is 0 Å². The normalized spacial score (nSPS) is 11.6. The van der Waals surface area contributed by atoms with E-state index in [0.29, 0.717) is 23.2 Å². The molecule has 0 aliphatic heterocycles. The number of carbonyl (C=O) groups excluding carboxylic acids is 1. The second-order valence-electron chi connectivity index (χ2n) is 7.48. The van der Waals surface area contributed by atoms with Gasteiger partial charge in [0, 0.05) is 24.5 Å². The van der Waals surface area contributed by atoms with Crippen molar-refractivity contribution in [2.45, 2.75) is 12.6 Å². The van der Waals surface area contributed by atoms with E-state index in [9.17, 15) is 4.79 Å². The first-order valence-electron chi connectivity index (χ1n) is 10.5. The van der Waals surface area contributed by atoms with Gasteiger partial charge in [0.1, 0.15) is 30.0 Å². The van der Waals surface area contributed by atoms with Crippen molar-refractivity contribution in [2.75, 3.05) is 6.61 Å². The molecule has 1 aromatic heterocycles.